The molecule has 1 aromatic carbocycles. The molecule has 0 N–H and O–H groups in total. The summed E-state index contributed by atoms with van der Waals surface area (Å²) in [6, 6.07) is 9.62. The number of benzene rings is 1. The van der Waals surface area contributed by atoms with Gasteiger partial charge in [0.05, 0.1) is 12.7 Å². The molecule has 6 heteroatoms. The Morgan fingerprint density at radius 2 is 1.93 bits per heavy atom. The van der Waals surface area contributed by atoms with Gasteiger partial charge in [-0.2, -0.15) is 0 Å². The van der Waals surface area contributed by atoms with Crippen LogP contribution in [0.3, 0.4) is 0 Å². The number of pyridine rings is 1. The van der Waals surface area contributed by atoms with Gasteiger partial charge in [-0.1, -0.05) is 6.07 Å². The van der Waals surface area contributed by atoms with Gasteiger partial charge in [-0.05, 0) is 49.4 Å². The molecule has 0 spiro atoms. The second-order valence-electron chi connectivity index (χ2n) is 7.82. The van der Waals surface area contributed by atoms with Gasteiger partial charge in [0.2, 0.25) is 0 Å². The van der Waals surface area contributed by atoms with Crippen molar-refractivity contribution in [1.82, 2.24) is 14.8 Å². The average molecular weight is 396 g/mol. The number of hydrogen-bond donors (Lipinski definition) is 0. The van der Waals surface area contributed by atoms with Crippen molar-refractivity contribution in [1.29, 1.82) is 0 Å². The van der Waals surface area contributed by atoms with E-state index in [2.05, 4.69) is 16.0 Å². The zero-order valence-electron chi connectivity index (χ0n) is 17.0. The van der Waals surface area contributed by atoms with Crippen LogP contribution in [0.15, 0.2) is 42.7 Å². The van der Waals surface area contributed by atoms with Gasteiger partial charge in [-0.15, -0.1) is 0 Å². The van der Waals surface area contributed by atoms with Crippen LogP contribution in [0, 0.1) is 0 Å². The zero-order valence-corrected chi connectivity index (χ0v) is 17.0. The van der Waals surface area contributed by atoms with Gasteiger partial charge < -0.3 is 14.4 Å². The van der Waals surface area contributed by atoms with Crippen LogP contribution in [-0.2, 0) is 6.54 Å². The molecule has 2 aliphatic rings. The van der Waals surface area contributed by atoms with Crippen LogP contribution in [-0.4, -0.2) is 60.1 Å². The molecule has 0 saturated carbocycles. The van der Waals surface area contributed by atoms with Gasteiger partial charge in [-0.3, -0.25) is 14.7 Å². The summed E-state index contributed by atoms with van der Waals surface area (Å²) in [4.78, 5) is 21.5. The summed E-state index contributed by atoms with van der Waals surface area (Å²) in [5.41, 5.74) is 1.88. The Kier molecular flexibility index (Phi) is 6.30. The van der Waals surface area contributed by atoms with E-state index in [0.717, 1.165) is 58.4 Å². The first-order valence-electron chi connectivity index (χ1n) is 10.5. The largest absolute Gasteiger partial charge is 0.497 e. The van der Waals surface area contributed by atoms with E-state index in [0.29, 0.717) is 17.1 Å². The van der Waals surface area contributed by atoms with Crippen molar-refractivity contribution in [2.45, 2.75) is 38.3 Å². The number of methoxy groups -OCH3 is 1. The molecule has 0 unspecified atom stereocenters. The number of likely N-dealkylation sites (tertiary alicyclic amines) is 2. The highest BCUT2D eigenvalue weighted by Gasteiger charge is 2.26. The van der Waals surface area contributed by atoms with Crippen LogP contribution in [0.4, 0.5) is 0 Å². The molecule has 1 aromatic heterocycles. The molecule has 154 valence electrons. The standard InChI is InChI=1S/C23H29N3O3/c1-28-20-6-7-21(23(27)26-11-2-3-12-26)22(15-20)29-19-8-13-25(14-9-19)17-18-5-4-10-24-16-18/h4-7,10,15-16,19H,2-3,8-9,11-14,17H2,1H3. The number of carbonyl (C=O) groups excluding carboxylic acids is 1. The fourth-order valence-corrected chi connectivity index (χ4v) is 4.11. The summed E-state index contributed by atoms with van der Waals surface area (Å²) in [7, 11) is 1.64. The molecule has 3 heterocycles. The molecule has 1 amide bonds. The number of hydrogen-bond acceptors (Lipinski definition) is 5. The van der Waals surface area contributed by atoms with Crippen LogP contribution in [0.1, 0.15) is 41.6 Å². The smallest absolute Gasteiger partial charge is 0.257 e. The van der Waals surface area contributed by atoms with Gasteiger partial charge in [0.15, 0.2) is 0 Å². The van der Waals surface area contributed by atoms with Gasteiger partial charge in [0.1, 0.15) is 17.6 Å². The lowest BCUT2D eigenvalue weighted by molar-refractivity contribution is 0.0764. The van der Waals surface area contributed by atoms with Gasteiger partial charge in [0, 0.05) is 51.2 Å². The summed E-state index contributed by atoms with van der Waals surface area (Å²) >= 11 is 0. The third kappa shape index (κ3) is 4.88. The lowest BCUT2D eigenvalue weighted by atomic mass is 10.1. The van der Waals surface area contributed by atoms with Crippen molar-refractivity contribution in [2.75, 3.05) is 33.3 Å². The third-order valence-corrected chi connectivity index (χ3v) is 5.77. The molecule has 0 aliphatic carbocycles. The van der Waals surface area contributed by atoms with Gasteiger partial charge >= 0.3 is 0 Å². The molecular formula is C23H29N3O3. The number of aromatic nitrogens is 1. The number of ether oxygens (including phenoxy) is 2. The van der Waals surface area contributed by atoms with Crippen molar-refractivity contribution in [3.63, 3.8) is 0 Å². The summed E-state index contributed by atoms with van der Waals surface area (Å²) in [5, 5.41) is 0. The summed E-state index contributed by atoms with van der Waals surface area (Å²) in [6.45, 7) is 4.52. The van der Waals surface area contributed by atoms with Crippen LogP contribution < -0.4 is 9.47 Å². The molecule has 0 radical (unpaired) electrons. The quantitative estimate of drug-likeness (QED) is 0.751. The van der Waals surface area contributed by atoms with Crippen molar-refractivity contribution in [3.05, 3.63) is 53.9 Å². The normalized spacial score (nSPS) is 18.0. The first kappa shape index (κ1) is 19.7. The first-order chi connectivity index (χ1) is 14.2. The average Bonchev–Trinajstić information content (AvgIpc) is 3.30. The van der Waals surface area contributed by atoms with Crippen molar-refractivity contribution in [2.24, 2.45) is 0 Å². The molecule has 2 saturated heterocycles. The molecule has 2 aliphatic heterocycles. The predicted molar refractivity (Wildman–Crippen MR) is 111 cm³/mol. The highest BCUT2D eigenvalue weighted by Crippen LogP contribution is 2.30. The Balaban J connectivity index is 1.40. The highest BCUT2D eigenvalue weighted by atomic mass is 16.5. The minimum Gasteiger partial charge on any atom is -0.497 e. The molecule has 29 heavy (non-hydrogen) atoms. The minimum atomic E-state index is 0.0640. The van der Waals surface area contributed by atoms with Gasteiger partial charge in [-0.25, -0.2) is 0 Å². The Morgan fingerprint density at radius 3 is 2.62 bits per heavy atom. The maximum absolute atomic E-state index is 13.0. The number of rotatable bonds is 6. The second-order valence-corrected chi connectivity index (χ2v) is 7.82. The van der Waals surface area contributed by atoms with Crippen molar-refractivity contribution >= 4 is 5.91 Å². The molecule has 2 aromatic rings. The minimum absolute atomic E-state index is 0.0640. The van der Waals surface area contributed by atoms with Crippen LogP contribution in [0.2, 0.25) is 0 Å². The van der Waals surface area contributed by atoms with E-state index >= 15 is 0 Å². The fourth-order valence-electron chi connectivity index (χ4n) is 4.11. The van der Waals surface area contributed by atoms with Crippen LogP contribution >= 0.6 is 0 Å². The van der Waals surface area contributed by atoms with E-state index in [-0.39, 0.29) is 12.0 Å². The predicted octanol–water partition coefficient (Wildman–Crippen LogP) is 3.37. The number of carbonyl (C=O) groups is 1. The van der Waals surface area contributed by atoms with E-state index in [1.54, 1.807) is 13.3 Å². The topological polar surface area (TPSA) is 54.9 Å². The van der Waals surface area contributed by atoms with E-state index in [4.69, 9.17) is 9.47 Å². The summed E-state index contributed by atoms with van der Waals surface area (Å²) < 4.78 is 11.7. The molecule has 6 nitrogen and oxygen atoms in total. The monoisotopic (exact) mass is 395 g/mol. The lowest BCUT2D eigenvalue weighted by Gasteiger charge is -2.32. The number of amides is 1. The van der Waals surface area contributed by atoms with Crippen molar-refractivity contribution < 1.29 is 14.3 Å². The zero-order chi connectivity index (χ0) is 20.1. The van der Waals surface area contributed by atoms with E-state index in [1.165, 1.54) is 5.56 Å². The number of piperidine rings is 1. The van der Waals surface area contributed by atoms with E-state index < -0.39 is 0 Å². The van der Waals surface area contributed by atoms with Crippen LogP contribution in [0.5, 0.6) is 11.5 Å². The summed E-state index contributed by atoms with van der Waals surface area (Å²) in [5.74, 6) is 1.42. The highest BCUT2D eigenvalue weighted by molar-refractivity contribution is 5.97. The second kappa shape index (κ2) is 9.27. The van der Waals surface area contributed by atoms with E-state index in [1.807, 2.05) is 35.4 Å². The Bertz CT molecular complexity index is 813. The lowest BCUT2D eigenvalue weighted by Crippen LogP contribution is -2.38. The Labute approximate surface area is 172 Å². The molecule has 0 atom stereocenters. The van der Waals surface area contributed by atoms with Crippen LogP contribution in [0.25, 0.3) is 0 Å². The SMILES string of the molecule is COc1ccc(C(=O)N2CCCC2)c(OC2CCN(Cc3cccnc3)CC2)c1. The fraction of sp³-hybridized carbons (Fsp3) is 0.478. The maximum Gasteiger partial charge on any atom is 0.257 e. The molecule has 0 bridgehead atoms. The van der Waals surface area contributed by atoms with Crippen molar-refractivity contribution in [3.8, 4) is 11.5 Å². The molecule has 2 fully saturated rings. The molecular weight excluding hydrogens is 366 g/mol. The first-order valence-corrected chi connectivity index (χ1v) is 10.5. The summed E-state index contributed by atoms with van der Waals surface area (Å²) in [6.07, 6.45) is 7.87. The molecule has 4 rings (SSSR count). The Hall–Kier alpha value is -2.60. The maximum atomic E-state index is 13.0. The van der Waals surface area contributed by atoms with Gasteiger partial charge in [0.25, 0.3) is 5.91 Å². The third-order valence-electron chi connectivity index (χ3n) is 5.77. The number of nitrogens with zero attached hydrogens (tertiary/aromatic N) is 3. The Morgan fingerprint density at radius 1 is 1.14 bits per heavy atom. The van der Waals surface area contributed by atoms with E-state index in [9.17, 15) is 4.79 Å².